The van der Waals surface area contributed by atoms with Gasteiger partial charge in [-0.1, -0.05) is 12.1 Å². The fourth-order valence-electron chi connectivity index (χ4n) is 3.22. The number of anilines is 2. The smallest absolute Gasteiger partial charge is 0.270 e. The van der Waals surface area contributed by atoms with Gasteiger partial charge in [-0.25, -0.2) is 14.4 Å². The third-order valence-electron chi connectivity index (χ3n) is 4.75. The number of piperazine rings is 1. The van der Waals surface area contributed by atoms with Gasteiger partial charge in [-0.2, -0.15) is 0 Å². The van der Waals surface area contributed by atoms with Crippen LogP contribution in [0.2, 0.25) is 0 Å². The predicted octanol–water partition coefficient (Wildman–Crippen LogP) is 1.62. The van der Waals surface area contributed by atoms with Gasteiger partial charge >= 0.3 is 0 Å². The molecule has 2 aromatic rings. The van der Waals surface area contributed by atoms with Crippen LogP contribution in [0.1, 0.15) is 16.9 Å². The lowest BCUT2D eigenvalue weighted by atomic mass is 10.2. The molecule has 1 aliphatic rings. The largest absolute Gasteiger partial charge is 0.366 e. The van der Waals surface area contributed by atoms with Crippen LogP contribution in [0, 0.1) is 5.82 Å². The van der Waals surface area contributed by atoms with Crippen molar-refractivity contribution >= 4 is 17.4 Å². The minimum Gasteiger partial charge on any atom is -0.366 e. The normalized spacial score (nSPS) is 14.4. The van der Waals surface area contributed by atoms with Gasteiger partial charge in [0.2, 0.25) is 0 Å². The molecular formula is C20H27FN6O. The van der Waals surface area contributed by atoms with Crippen molar-refractivity contribution in [1.29, 1.82) is 0 Å². The minimum absolute atomic E-state index is 0.188. The molecule has 1 N–H and O–H groups in total. The number of aromatic nitrogens is 2. The molecule has 0 unspecified atom stereocenters. The molecule has 0 spiro atoms. The molecule has 2 heterocycles. The summed E-state index contributed by atoms with van der Waals surface area (Å²) >= 11 is 0. The van der Waals surface area contributed by atoms with Crippen molar-refractivity contribution in [2.24, 2.45) is 0 Å². The van der Waals surface area contributed by atoms with E-state index in [2.05, 4.69) is 25.1 Å². The average Bonchev–Trinajstić information content (AvgIpc) is 2.71. The molecule has 150 valence electrons. The van der Waals surface area contributed by atoms with E-state index in [0.717, 1.165) is 18.8 Å². The number of nitrogens with zero attached hydrogens (tertiary/aromatic N) is 5. The highest BCUT2D eigenvalue weighted by atomic mass is 19.1. The van der Waals surface area contributed by atoms with Gasteiger partial charge in [-0.15, -0.1) is 0 Å². The van der Waals surface area contributed by atoms with Crippen LogP contribution in [0.4, 0.5) is 15.9 Å². The van der Waals surface area contributed by atoms with Gasteiger partial charge in [0.15, 0.2) is 0 Å². The van der Waals surface area contributed by atoms with E-state index >= 15 is 0 Å². The molecule has 28 heavy (non-hydrogen) atoms. The number of halogens is 1. The zero-order valence-corrected chi connectivity index (χ0v) is 16.4. The van der Waals surface area contributed by atoms with Gasteiger partial charge in [0.25, 0.3) is 5.91 Å². The summed E-state index contributed by atoms with van der Waals surface area (Å²) in [5, 5.41) is 2.89. The Kier molecular flexibility index (Phi) is 6.76. The van der Waals surface area contributed by atoms with Crippen LogP contribution in [-0.2, 0) is 0 Å². The zero-order valence-electron chi connectivity index (χ0n) is 16.4. The van der Waals surface area contributed by atoms with Crippen LogP contribution in [0.5, 0.6) is 0 Å². The molecule has 1 aromatic heterocycles. The van der Waals surface area contributed by atoms with Crippen molar-refractivity contribution in [2.75, 3.05) is 63.2 Å². The van der Waals surface area contributed by atoms with E-state index < -0.39 is 0 Å². The standard InChI is InChI=1S/C20H27FN6O/c1-25(2)9-5-8-22-20(28)17-14-19(24-15-23-17)27-12-10-26(11-13-27)18-7-4-3-6-16(18)21/h3-4,6-7,14-15H,5,8-13H2,1-2H3,(H,22,28). The second kappa shape index (κ2) is 9.45. The Morgan fingerprint density at radius 2 is 1.86 bits per heavy atom. The van der Waals surface area contributed by atoms with Crippen LogP contribution in [0.15, 0.2) is 36.7 Å². The summed E-state index contributed by atoms with van der Waals surface area (Å²) in [6.07, 6.45) is 2.31. The first-order valence-electron chi connectivity index (χ1n) is 9.54. The third kappa shape index (κ3) is 5.16. The number of benzene rings is 1. The number of rotatable bonds is 7. The maximum atomic E-state index is 14.0. The molecule has 0 bridgehead atoms. The summed E-state index contributed by atoms with van der Waals surface area (Å²) in [7, 11) is 4.01. The lowest BCUT2D eigenvalue weighted by Crippen LogP contribution is -2.47. The van der Waals surface area contributed by atoms with Crippen molar-refractivity contribution < 1.29 is 9.18 Å². The van der Waals surface area contributed by atoms with Gasteiger partial charge < -0.3 is 20.0 Å². The zero-order chi connectivity index (χ0) is 19.9. The molecule has 1 saturated heterocycles. The summed E-state index contributed by atoms with van der Waals surface area (Å²) in [5.41, 5.74) is 0.994. The minimum atomic E-state index is -0.203. The Bertz CT molecular complexity index is 792. The maximum absolute atomic E-state index is 14.0. The van der Waals surface area contributed by atoms with Gasteiger partial charge in [-0.05, 0) is 39.2 Å². The Balaban J connectivity index is 1.56. The Labute approximate surface area is 165 Å². The fourth-order valence-corrected chi connectivity index (χ4v) is 3.22. The third-order valence-corrected chi connectivity index (χ3v) is 4.75. The van der Waals surface area contributed by atoms with Gasteiger partial charge in [0.1, 0.15) is 23.7 Å². The van der Waals surface area contributed by atoms with E-state index in [9.17, 15) is 9.18 Å². The number of nitrogens with one attached hydrogen (secondary N) is 1. The van der Waals surface area contributed by atoms with Crippen LogP contribution in [0.3, 0.4) is 0 Å². The number of para-hydroxylation sites is 1. The topological polar surface area (TPSA) is 64.6 Å². The highest BCUT2D eigenvalue weighted by Gasteiger charge is 2.21. The molecule has 1 aliphatic heterocycles. The van der Waals surface area contributed by atoms with E-state index in [1.807, 2.05) is 25.1 Å². The molecule has 0 atom stereocenters. The summed E-state index contributed by atoms with van der Waals surface area (Å²) in [5.74, 6) is 0.334. The van der Waals surface area contributed by atoms with Crippen molar-refractivity contribution in [1.82, 2.24) is 20.2 Å². The first-order valence-corrected chi connectivity index (χ1v) is 9.54. The van der Waals surface area contributed by atoms with Crippen LogP contribution in [-0.4, -0.2) is 74.1 Å². The summed E-state index contributed by atoms with van der Waals surface area (Å²) in [6.45, 7) is 4.32. The highest BCUT2D eigenvalue weighted by molar-refractivity contribution is 5.92. The molecule has 0 aliphatic carbocycles. The van der Waals surface area contributed by atoms with E-state index in [1.54, 1.807) is 18.2 Å². The molecule has 7 nitrogen and oxygen atoms in total. The molecular weight excluding hydrogens is 359 g/mol. The number of hydrogen-bond donors (Lipinski definition) is 1. The predicted molar refractivity (Wildman–Crippen MR) is 108 cm³/mol. The van der Waals surface area contributed by atoms with Gasteiger partial charge in [0, 0.05) is 38.8 Å². The quantitative estimate of drug-likeness (QED) is 0.730. The van der Waals surface area contributed by atoms with E-state index in [1.165, 1.54) is 12.4 Å². The molecule has 1 aromatic carbocycles. The maximum Gasteiger partial charge on any atom is 0.270 e. The van der Waals surface area contributed by atoms with Crippen LogP contribution >= 0.6 is 0 Å². The molecule has 0 radical (unpaired) electrons. The summed E-state index contributed by atoms with van der Waals surface area (Å²) in [4.78, 5) is 26.9. The average molecular weight is 386 g/mol. The van der Waals surface area contributed by atoms with E-state index in [4.69, 9.17) is 0 Å². The molecule has 1 fully saturated rings. The van der Waals surface area contributed by atoms with E-state index in [0.29, 0.717) is 44.1 Å². The van der Waals surface area contributed by atoms with Crippen LogP contribution < -0.4 is 15.1 Å². The Morgan fingerprint density at radius 3 is 2.57 bits per heavy atom. The first-order chi connectivity index (χ1) is 13.5. The summed E-state index contributed by atoms with van der Waals surface area (Å²) in [6, 6.07) is 8.55. The lowest BCUT2D eigenvalue weighted by molar-refractivity contribution is 0.0947. The molecule has 0 saturated carbocycles. The molecule has 1 amide bonds. The highest BCUT2D eigenvalue weighted by Crippen LogP contribution is 2.22. The number of amides is 1. The second-order valence-corrected chi connectivity index (χ2v) is 7.10. The number of carbonyl (C=O) groups is 1. The molecule has 8 heteroatoms. The van der Waals surface area contributed by atoms with E-state index in [-0.39, 0.29) is 11.7 Å². The SMILES string of the molecule is CN(C)CCCNC(=O)c1cc(N2CCN(c3ccccc3F)CC2)ncn1. The first kappa shape index (κ1) is 20.0. The number of carbonyl (C=O) groups excluding carboxylic acids is 1. The van der Waals surface area contributed by atoms with Crippen molar-refractivity contribution in [3.8, 4) is 0 Å². The Morgan fingerprint density at radius 1 is 1.14 bits per heavy atom. The second-order valence-electron chi connectivity index (χ2n) is 7.10. The van der Waals surface area contributed by atoms with Gasteiger partial charge in [-0.3, -0.25) is 4.79 Å². The monoisotopic (exact) mass is 386 g/mol. The van der Waals surface area contributed by atoms with Crippen molar-refractivity contribution in [2.45, 2.75) is 6.42 Å². The lowest BCUT2D eigenvalue weighted by Gasteiger charge is -2.36. The van der Waals surface area contributed by atoms with Crippen molar-refractivity contribution in [3.05, 3.63) is 48.2 Å². The fraction of sp³-hybridized carbons (Fsp3) is 0.450. The Hall–Kier alpha value is -2.74. The molecule has 3 rings (SSSR count). The van der Waals surface area contributed by atoms with Gasteiger partial charge in [0.05, 0.1) is 5.69 Å². The number of hydrogen-bond acceptors (Lipinski definition) is 6. The summed E-state index contributed by atoms with van der Waals surface area (Å²) < 4.78 is 14.0. The van der Waals surface area contributed by atoms with Crippen LogP contribution in [0.25, 0.3) is 0 Å². The van der Waals surface area contributed by atoms with Crippen molar-refractivity contribution in [3.63, 3.8) is 0 Å².